The summed E-state index contributed by atoms with van der Waals surface area (Å²) >= 11 is 6.06. The van der Waals surface area contributed by atoms with Crippen LogP contribution in [0.15, 0.2) is 36.4 Å². The van der Waals surface area contributed by atoms with Crippen LogP contribution >= 0.6 is 11.6 Å². The second-order valence-electron chi connectivity index (χ2n) is 4.38. The molecule has 2 rings (SSSR count). The van der Waals surface area contributed by atoms with Crippen LogP contribution in [-0.4, -0.2) is 5.11 Å². The highest BCUT2D eigenvalue weighted by molar-refractivity contribution is 6.32. The summed E-state index contributed by atoms with van der Waals surface area (Å²) in [5.74, 6) is 0.485. The fourth-order valence-electron chi connectivity index (χ4n) is 1.62. The van der Waals surface area contributed by atoms with Crippen LogP contribution in [0.5, 0.6) is 11.5 Å². The number of rotatable bonds is 3. The van der Waals surface area contributed by atoms with Gasteiger partial charge in [-0.15, -0.1) is 0 Å². The van der Waals surface area contributed by atoms with Gasteiger partial charge in [0.15, 0.2) is 0 Å². The van der Waals surface area contributed by atoms with E-state index in [1.807, 2.05) is 0 Å². The maximum absolute atomic E-state index is 13.4. The molecule has 100 valence electrons. The highest BCUT2D eigenvalue weighted by Crippen LogP contribution is 2.32. The number of benzene rings is 2. The average Bonchev–Trinajstić information content (AvgIpc) is 2.36. The lowest BCUT2D eigenvalue weighted by molar-refractivity contribution is 0.199. The van der Waals surface area contributed by atoms with E-state index in [0.29, 0.717) is 27.6 Å². The van der Waals surface area contributed by atoms with Crippen LogP contribution in [0.4, 0.5) is 4.39 Å². The molecule has 0 radical (unpaired) electrons. The van der Waals surface area contributed by atoms with Crippen molar-refractivity contribution in [1.29, 1.82) is 0 Å². The molecule has 0 heterocycles. The Morgan fingerprint density at radius 1 is 1.21 bits per heavy atom. The Morgan fingerprint density at radius 2 is 1.95 bits per heavy atom. The van der Waals surface area contributed by atoms with Crippen molar-refractivity contribution in [2.24, 2.45) is 0 Å². The van der Waals surface area contributed by atoms with E-state index in [4.69, 9.17) is 16.3 Å². The zero-order valence-electron chi connectivity index (χ0n) is 10.7. The van der Waals surface area contributed by atoms with Crippen LogP contribution in [-0.2, 0) is 0 Å². The molecule has 4 heteroatoms. The summed E-state index contributed by atoms with van der Waals surface area (Å²) in [6, 6.07) is 9.64. The second kappa shape index (κ2) is 5.59. The van der Waals surface area contributed by atoms with Crippen LogP contribution in [0.25, 0.3) is 0 Å². The van der Waals surface area contributed by atoms with E-state index in [1.165, 1.54) is 6.07 Å². The van der Waals surface area contributed by atoms with Crippen LogP contribution < -0.4 is 4.74 Å². The summed E-state index contributed by atoms with van der Waals surface area (Å²) in [6.45, 7) is 3.34. The Morgan fingerprint density at radius 3 is 2.53 bits per heavy atom. The van der Waals surface area contributed by atoms with Gasteiger partial charge in [-0.3, -0.25) is 0 Å². The zero-order chi connectivity index (χ0) is 14.0. The molecule has 0 fully saturated rings. The van der Waals surface area contributed by atoms with E-state index in [-0.39, 0.29) is 5.82 Å². The van der Waals surface area contributed by atoms with Gasteiger partial charge in [-0.1, -0.05) is 23.7 Å². The van der Waals surface area contributed by atoms with E-state index in [2.05, 4.69) is 0 Å². The summed E-state index contributed by atoms with van der Waals surface area (Å²) < 4.78 is 18.9. The minimum absolute atomic E-state index is 0.325. The number of hydrogen-bond donors (Lipinski definition) is 1. The van der Waals surface area contributed by atoms with E-state index in [9.17, 15) is 9.50 Å². The zero-order valence-corrected chi connectivity index (χ0v) is 11.4. The van der Waals surface area contributed by atoms with Crippen molar-refractivity contribution in [3.63, 3.8) is 0 Å². The molecule has 1 N–H and O–H groups in total. The predicted molar refractivity (Wildman–Crippen MR) is 73.3 cm³/mol. The summed E-state index contributed by atoms with van der Waals surface area (Å²) in [5.41, 5.74) is 1.26. The van der Waals surface area contributed by atoms with Crippen molar-refractivity contribution in [3.05, 3.63) is 58.4 Å². The average molecular weight is 281 g/mol. The Bertz CT molecular complexity index is 597. The second-order valence-corrected chi connectivity index (χ2v) is 4.79. The summed E-state index contributed by atoms with van der Waals surface area (Å²) in [4.78, 5) is 0. The fraction of sp³-hybridized carbons (Fsp3) is 0.200. The number of aryl methyl sites for hydroxylation is 1. The molecule has 0 amide bonds. The minimum Gasteiger partial charge on any atom is -0.456 e. The molecule has 1 atom stereocenters. The lowest BCUT2D eigenvalue weighted by Gasteiger charge is -2.11. The van der Waals surface area contributed by atoms with Crippen LogP contribution in [0.2, 0.25) is 5.02 Å². The molecule has 2 nitrogen and oxygen atoms in total. The Balaban J connectivity index is 2.25. The number of aliphatic hydroxyl groups is 1. The number of hydrogen-bond acceptors (Lipinski definition) is 2. The summed E-state index contributed by atoms with van der Waals surface area (Å²) in [5, 5.41) is 9.82. The van der Waals surface area contributed by atoms with E-state index >= 15 is 0 Å². The molecule has 0 saturated carbocycles. The number of halogens is 2. The smallest absolute Gasteiger partial charge is 0.146 e. The molecular formula is C15H14ClFO2. The van der Waals surface area contributed by atoms with E-state index in [0.717, 1.165) is 0 Å². The van der Waals surface area contributed by atoms with Gasteiger partial charge in [0, 0.05) is 6.07 Å². The minimum atomic E-state index is -0.594. The molecule has 2 aromatic carbocycles. The van der Waals surface area contributed by atoms with Gasteiger partial charge in [-0.05, 0) is 43.2 Å². The monoisotopic (exact) mass is 280 g/mol. The van der Waals surface area contributed by atoms with Crippen molar-refractivity contribution in [1.82, 2.24) is 0 Å². The third-order valence-corrected chi connectivity index (χ3v) is 3.10. The maximum Gasteiger partial charge on any atom is 0.146 e. The third-order valence-electron chi connectivity index (χ3n) is 2.81. The van der Waals surface area contributed by atoms with Crippen molar-refractivity contribution in [3.8, 4) is 11.5 Å². The highest BCUT2D eigenvalue weighted by atomic mass is 35.5. The molecule has 0 aromatic heterocycles. The number of ether oxygens (including phenoxy) is 1. The highest BCUT2D eigenvalue weighted by Gasteiger charge is 2.08. The third kappa shape index (κ3) is 3.25. The van der Waals surface area contributed by atoms with Crippen molar-refractivity contribution < 1.29 is 14.2 Å². The topological polar surface area (TPSA) is 29.5 Å². The Labute approximate surface area is 116 Å². The van der Waals surface area contributed by atoms with Gasteiger partial charge in [-0.2, -0.15) is 0 Å². The van der Waals surface area contributed by atoms with Crippen molar-refractivity contribution in [2.75, 3.05) is 0 Å². The molecule has 0 bridgehead atoms. The maximum atomic E-state index is 13.4. The predicted octanol–water partition coefficient (Wildman–Crippen LogP) is 4.63. The quantitative estimate of drug-likeness (QED) is 0.888. The fourth-order valence-corrected chi connectivity index (χ4v) is 1.85. The van der Waals surface area contributed by atoms with Gasteiger partial charge in [0.2, 0.25) is 0 Å². The molecule has 0 aliphatic heterocycles. The Kier molecular flexibility index (Phi) is 4.08. The van der Waals surface area contributed by atoms with Gasteiger partial charge in [0.25, 0.3) is 0 Å². The molecule has 19 heavy (non-hydrogen) atoms. The molecule has 0 saturated heterocycles. The van der Waals surface area contributed by atoms with Gasteiger partial charge in [0.05, 0.1) is 11.1 Å². The first-order valence-corrected chi connectivity index (χ1v) is 6.26. The van der Waals surface area contributed by atoms with Gasteiger partial charge >= 0.3 is 0 Å². The lowest BCUT2D eigenvalue weighted by Crippen LogP contribution is -1.93. The van der Waals surface area contributed by atoms with E-state index < -0.39 is 6.10 Å². The van der Waals surface area contributed by atoms with Gasteiger partial charge in [0.1, 0.15) is 17.3 Å². The first-order valence-electron chi connectivity index (χ1n) is 5.89. The molecule has 2 aromatic rings. The molecule has 0 aliphatic rings. The molecule has 0 unspecified atom stereocenters. The first-order chi connectivity index (χ1) is 8.97. The van der Waals surface area contributed by atoms with Gasteiger partial charge < -0.3 is 9.84 Å². The van der Waals surface area contributed by atoms with Crippen LogP contribution in [0, 0.1) is 12.7 Å². The standard InChI is InChI=1S/C15H14ClFO2/c1-9-3-5-12(8-14(9)17)19-15-6-4-11(10(2)18)7-13(15)16/h3-8,10,18H,1-2H3/t10-/m0/s1. The van der Waals surface area contributed by atoms with Gasteiger partial charge in [-0.25, -0.2) is 4.39 Å². The molecule has 0 spiro atoms. The number of aliphatic hydroxyl groups excluding tert-OH is 1. The van der Waals surface area contributed by atoms with Crippen LogP contribution in [0.1, 0.15) is 24.2 Å². The normalized spacial score (nSPS) is 12.3. The first kappa shape index (κ1) is 13.8. The summed E-state index contributed by atoms with van der Waals surface area (Å²) in [7, 11) is 0. The van der Waals surface area contributed by atoms with Crippen molar-refractivity contribution in [2.45, 2.75) is 20.0 Å². The SMILES string of the molecule is Cc1ccc(Oc2ccc([C@H](C)O)cc2Cl)cc1F. The molecular weight excluding hydrogens is 267 g/mol. The largest absolute Gasteiger partial charge is 0.456 e. The van der Waals surface area contributed by atoms with E-state index in [1.54, 1.807) is 44.2 Å². The van der Waals surface area contributed by atoms with Crippen LogP contribution in [0.3, 0.4) is 0 Å². The Hall–Kier alpha value is -1.58. The van der Waals surface area contributed by atoms with Crippen molar-refractivity contribution >= 4 is 11.6 Å². The lowest BCUT2D eigenvalue weighted by atomic mass is 10.1. The summed E-state index contributed by atoms with van der Waals surface area (Å²) in [6.07, 6.45) is -0.594. The molecule has 0 aliphatic carbocycles.